The van der Waals surface area contributed by atoms with E-state index in [0.29, 0.717) is 32.7 Å². The Morgan fingerprint density at radius 3 is 2.71 bits per heavy atom. The summed E-state index contributed by atoms with van der Waals surface area (Å²) in [5.74, 6) is -1.13. The molecule has 2 aromatic carbocycles. The largest absolute Gasteiger partial charge is 0.379 e. The number of benzene rings is 2. The minimum absolute atomic E-state index is 0.114. The van der Waals surface area contributed by atoms with Gasteiger partial charge in [0.05, 0.1) is 28.6 Å². The van der Waals surface area contributed by atoms with Crippen molar-refractivity contribution in [1.29, 1.82) is 0 Å². The second-order valence-corrected chi connectivity index (χ2v) is 8.02. The molecule has 1 aliphatic heterocycles. The summed E-state index contributed by atoms with van der Waals surface area (Å²) in [5.41, 5.74) is 0.551. The lowest BCUT2D eigenvalue weighted by Gasteiger charge is -2.17. The second-order valence-electron chi connectivity index (χ2n) is 6.58. The normalized spacial score (nSPS) is 16.4. The van der Waals surface area contributed by atoms with Crippen LogP contribution in [0.15, 0.2) is 32.7 Å². The van der Waals surface area contributed by atoms with Gasteiger partial charge in [-0.2, -0.15) is 0 Å². The van der Waals surface area contributed by atoms with Crippen molar-refractivity contribution in [1.82, 2.24) is 9.55 Å². The number of nitrogens with one attached hydrogen (secondary N) is 1. The highest BCUT2D eigenvalue weighted by molar-refractivity contribution is 7.99. The molecule has 0 bridgehead atoms. The molecule has 2 heterocycles. The van der Waals surface area contributed by atoms with Gasteiger partial charge in [0.25, 0.3) is 5.56 Å². The number of H-pyrrole nitrogens is 1. The number of nitrogens with zero attached hydrogens (tertiary/aromatic N) is 1. The van der Waals surface area contributed by atoms with E-state index in [0.717, 1.165) is 6.07 Å². The van der Waals surface area contributed by atoms with E-state index in [9.17, 15) is 18.4 Å². The molecule has 0 aliphatic carbocycles. The average molecular weight is 425 g/mol. The summed E-state index contributed by atoms with van der Waals surface area (Å²) < 4.78 is 35.2. The molecule has 1 atom stereocenters. The maximum absolute atomic E-state index is 14.7. The highest BCUT2D eigenvalue weighted by Gasteiger charge is 2.26. The van der Waals surface area contributed by atoms with E-state index in [1.165, 1.54) is 22.4 Å². The Kier molecular flexibility index (Phi) is 4.81. The maximum Gasteiger partial charge on any atom is 0.328 e. The summed E-state index contributed by atoms with van der Waals surface area (Å²) in [6, 6.07) is 3.57. The van der Waals surface area contributed by atoms with Crippen LogP contribution in [0.4, 0.5) is 8.78 Å². The van der Waals surface area contributed by atoms with Crippen LogP contribution >= 0.6 is 23.4 Å². The molecule has 0 saturated heterocycles. The summed E-state index contributed by atoms with van der Waals surface area (Å²) >= 11 is 7.26. The first-order chi connectivity index (χ1) is 13.3. The Morgan fingerprint density at radius 2 is 2.00 bits per heavy atom. The van der Waals surface area contributed by atoms with E-state index in [2.05, 4.69) is 4.98 Å². The van der Waals surface area contributed by atoms with E-state index in [4.69, 9.17) is 16.3 Å². The topological polar surface area (TPSA) is 64.1 Å². The van der Waals surface area contributed by atoms with Gasteiger partial charge in [0.15, 0.2) is 0 Å². The molecule has 0 spiro atoms. The minimum atomic E-state index is -0.854. The van der Waals surface area contributed by atoms with Crippen molar-refractivity contribution in [2.75, 3.05) is 12.9 Å². The standard InChI is InChI=1S/C19H15ClF2N2O3S/c1-8-3-11-16-17(15(8)10-4-12(20)14(22)5-13(10)21)28-7-9(27-2)6-24(16)19(26)23-18(11)25/h3-5,9H,6-7H2,1-2H3,(H,23,25,26)/t9-/m1/s1. The number of aromatic nitrogens is 2. The minimum Gasteiger partial charge on any atom is -0.379 e. The van der Waals surface area contributed by atoms with Gasteiger partial charge in [-0.25, -0.2) is 13.6 Å². The molecule has 0 fully saturated rings. The van der Waals surface area contributed by atoms with Gasteiger partial charge in [-0.3, -0.25) is 14.3 Å². The van der Waals surface area contributed by atoms with E-state index in [1.807, 2.05) is 0 Å². The molecule has 4 rings (SSSR count). The summed E-state index contributed by atoms with van der Waals surface area (Å²) in [6.45, 7) is 1.98. The molecule has 0 amide bonds. The number of aromatic amines is 1. The fraction of sp³-hybridized carbons (Fsp3) is 0.263. The number of hydrogen-bond acceptors (Lipinski definition) is 4. The van der Waals surface area contributed by atoms with E-state index < -0.39 is 22.9 Å². The van der Waals surface area contributed by atoms with Crippen molar-refractivity contribution in [3.63, 3.8) is 0 Å². The van der Waals surface area contributed by atoms with Gasteiger partial charge in [0.1, 0.15) is 11.6 Å². The number of hydrogen-bond donors (Lipinski definition) is 1. The lowest BCUT2D eigenvalue weighted by atomic mass is 9.97. The SMILES string of the molecule is CO[C@H]1CSc2c(-c3cc(Cl)c(F)cc3F)c(C)cc3c(=O)[nH]c(=O)n(c23)C1. The Balaban J connectivity index is 2.16. The van der Waals surface area contributed by atoms with Gasteiger partial charge in [-0.15, -0.1) is 11.8 Å². The smallest absolute Gasteiger partial charge is 0.328 e. The molecule has 5 nitrogen and oxygen atoms in total. The average Bonchev–Trinajstić information content (AvgIpc) is 2.84. The van der Waals surface area contributed by atoms with E-state index in [1.54, 1.807) is 20.1 Å². The van der Waals surface area contributed by atoms with Crippen molar-refractivity contribution in [2.24, 2.45) is 0 Å². The molecule has 0 radical (unpaired) electrons. The molecule has 0 unspecified atom stereocenters. The third-order valence-electron chi connectivity index (χ3n) is 4.85. The molecule has 0 saturated carbocycles. The summed E-state index contributed by atoms with van der Waals surface area (Å²) in [4.78, 5) is 27.8. The molecule has 28 heavy (non-hydrogen) atoms. The van der Waals surface area contributed by atoms with Crippen LogP contribution in [0.25, 0.3) is 22.0 Å². The van der Waals surface area contributed by atoms with Gasteiger partial charge in [0.2, 0.25) is 0 Å². The zero-order chi connectivity index (χ0) is 20.2. The molecular weight excluding hydrogens is 410 g/mol. The highest BCUT2D eigenvalue weighted by atomic mass is 35.5. The van der Waals surface area contributed by atoms with Crippen molar-refractivity contribution in [3.05, 3.63) is 61.3 Å². The molecule has 3 aromatic rings. The Morgan fingerprint density at radius 1 is 1.25 bits per heavy atom. The Hall–Kier alpha value is -2.16. The van der Waals surface area contributed by atoms with Crippen LogP contribution in [-0.2, 0) is 11.3 Å². The molecule has 1 aliphatic rings. The predicted octanol–water partition coefficient (Wildman–Crippen LogP) is 3.72. The summed E-state index contributed by atoms with van der Waals surface area (Å²) in [5, 5.41) is 0.119. The quantitative estimate of drug-likeness (QED) is 0.637. The summed E-state index contributed by atoms with van der Waals surface area (Å²) in [6.07, 6.45) is -0.279. The Bertz CT molecular complexity index is 1240. The molecule has 1 N–H and O–H groups in total. The number of rotatable bonds is 2. The first-order valence-electron chi connectivity index (χ1n) is 8.42. The molecule has 9 heteroatoms. The third kappa shape index (κ3) is 2.96. The van der Waals surface area contributed by atoms with E-state index >= 15 is 0 Å². The van der Waals surface area contributed by atoms with Gasteiger partial charge >= 0.3 is 5.69 Å². The number of methoxy groups -OCH3 is 1. The van der Waals surface area contributed by atoms with Crippen LogP contribution in [0.2, 0.25) is 5.02 Å². The van der Waals surface area contributed by atoms with Crippen molar-refractivity contribution >= 4 is 34.3 Å². The van der Waals surface area contributed by atoms with Gasteiger partial charge in [-0.1, -0.05) is 11.6 Å². The molecular formula is C19H15ClF2N2O3S. The zero-order valence-electron chi connectivity index (χ0n) is 14.9. The summed E-state index contributed by atoms with van der Waals surface area (Å²) in [7, 11) is 1.54. The first-order valence-corrected chi connectivity index (χ1v) is 9.79. The predicted molar refractivity (Wildman–Crippen MR) is 105 cm³/mol. The van der Waals surface area contributed by atoms with Gasteiger partial charge in [0, 0.05) is 35.0 Å². The fourth-order valence-electron chi connectivity index (χ4n) is 3.49. The van der Waals surface area contributed by atoms with Crippen LogP contribution in [-0.4, -0.2) is 28.5 Å². The van der Waals surface area contributed by atoms with Crippen molar-refractivity contribution in [3.8, 4) is 11.1 Å². The monoisotopic (exact) mass is 424 g/mol. The third-order valence-corrected chi connectivity index (χ3v) is 6.36. The van der Waals surface area contributed by atoms with Crippen molar-refractivity contribution in [2.45, 2.75) is 24.5 Å². The fourth-order valence-corrected chi connectivity index (χ4v) is 5.02. The van der Waals surface area contributed by atoms with E-state index in [-0.39, 0.29) is 23.2 Å². The van der Waals surface area contributed by atoms with Gasteiger partial charge < -0.3 is 4.74 Å². The van der Waals surface area contributed by atoms with Crippen LogP contribution in [0, 0.1) is 18.6 Å². The number of halogens is 3. The Labute approximate surface area is 167 Å². The lowest BCUT2D eigenvalue weighted by molar-refractivity contribution is 0.107. The number of thioether (sulfide) groups is 1. The zero-order valence-corrected chi connectivity index (χ0v) is 16.5. The number of aryl methyl sites for hydroxylation is 1. The second kappa shape index (κ2) is 7.02. The lowest BCUT2D eigenvalue weighted by Crippen LogP contribution is -2.34. The van der Waals surface area contributed by atoms with Crippen LogP contribution < -0.4 is 11.2 Å². The van der Waals surface area contributed by atoms with Crippen LogP contribution in [0.5, 0.6) is 0 Å². The maximum atomic E-state index is 14.7. The van der Waals surface area contributed by atoms with Crippen LogP contribution in [0.3, 0.4) is 0 Å². The molecule has 146 valence electrons. The van der Waals surface area contributed by atoms with Crippen molar-refractivity contribution < 1.29 is 13.5 Å². The number of ether oxygens (including phenoxy) is 1. The highest BCUT2D eigenvalue weighted by Crippen LogP contribution is 2.42. The molecule has 1 aromatic heterocycles. The van der Waals surface area contributed by atoms with Crippen LogP contribution in [0.1, 0.15) is 5.56 Å². The van der Waals surface area contributed by atoms with Gasteiger partial charge in [-0.05, 0) is 24.6 Å². The first kappa shape index (κ1) is 19.2.